The first-order chi connectivity index (χ1) is 11.3. The lowest BCUT2D eigenvalue weighted by Gasteiger charge is -2.16. The number of allylic oxidation sites excluding steroid dienone is 1. The van der Waals surface area contributed by atoms with E-state index in [4.69, 9.17) is 27.9 Å². The van der Waals surface area contributed by atoms with Crippen LogP contribution in [0.1, 0.15) is 13.3 Å². The Morgan fingerprint density at radius 2 is 1.96 bits per heavy atom. The number of anilines is 1. The van der Waals surface area contributed by atoms with Crippen molar-refractivity contribution in [3.63, 3.8) is 0 Å². The number of carbonyl (C=O) groups excluding carboxylic acids is 3. The molecule has 0 saturated carbocycles. The van der Waals surface area contributed by atoms with Crippen molar-refractivity contribution in [1.29, 1.82) is 0 Å². The van der Waals surface area contributed by atoms with Gasteiger partial charge in [-0.1, -0.05) is 36.2 Å². The molecule has 0 atom stereocenters. The van der Waals surface area contributed by atoms with Gasteiger partial charge in [-0.05, 0) is 24.6 Å². The lowest BCUT2D eigenvalue weighted by Crippen LogP contribution is -2.37. The van der Waals surface area contributed by atoms with Crippen molar-refractivity contribution in [2.24, 2.45) is 0 Å². The summed E-state index contributed by atoms with van der Waals surface area (Å²) in [4.78, 5) is 36.1. The van der Waals surface area contributed by atoms with E-state index < -0.39 is 24.4 Å². The Balaban J connectivity index is 2.45. The molecule has 2 amide bonds. The molecule has 0 aromatic heterocycles. The molecule has 0 heterocycles. The molecule has 6 nitrogen and oxygen atoms in total. The van der Waals surface area contributed by atoms with Crippen molar-refractivity contribution in [2.45, 2.75) is 13.3 Å². The summed E-state index contributed by atoms with van der Waals surface area (Å²) < 4.78 is 4.78. The van der Waals surface area contributed by atoms with Crippen LogP contribution in [0.2, 0.25) is 10.0 Å². The highest BCUT2D eigenvalue weighted by atomic mass is 35.5. The summed E-state index contributed by atoms with van der Waals surface area (Å²) in [7, 11) is 1.44. The number of esters is 1. The van der Waals surface area contributed by atoms with Gasteiger partial charge < -0.3 is 15.0 Å². The molecule has 1 rings (SSSR count). The monoisotopic (exact) mass is 372 g/mol. The highest BCUT2D eigenvalue weighted by Gasteiger charge is 2.15. The van der Waals surface area contributed by atoms with Gasteiger partial charge in [0.2, 0.25) is 5.91 Å². The van der Waals surface area contributed by atoms with Crippen LogP contribution in [0.25, 0.3) is 0 Å². The Morgan fingerprint density at radius 1 is 1.25 bits per heavy atom. The average molecular weight is 373 g/mol. The number of nitrogens with zero attached hydrogens (tertiary/aromatic N) is 1. The molecular formula is C16H18Cl2N2O4. The number of benzene rings is 1. The Labute approximate surface area is 150 Å². The molecule has 0 bridgehead atoms. The van der Waals surface area contributed by atoms with E-state index in [-0.39, 0.29) is 6.54 Å². The normalized spacial score (nSPS) is 10.5. The fourth-order valence-corrected chi connectivity index (χ4v) is 1.88. The first-order valence-electron chi connectivity index (χ1n) is 7.15. The molecule has 1 N–H and O–H groups in total. The summed E-state index contributed by atoms with van der Waals surface area (Å²) in [5.41, 5.74) is 0.464. The molecule has 0 radical (unpaired) electrons. The van der Waals surface area contributed by atoms with E-state index in [1.165, 1.54) is 19.2 Å². The number of carbonyl (C=O) groups is 3. The highest BCUT2D eigenvalue weighted by Crippen LogP contribution is 2.24. The van der Waals surface area contributed by atoms with Crippen LogP contribution in [0, 0.1) is 0 Å². The predicted molar refractivity (Wildman–Crippen MR) is 93.1 cm³/mol. The van der Waals surface area contributed by atoms with Gasteiger partial charge in [0.15, 0.2) is 6.61 Å². The van der Waals surface area contributed by atoms with E-state index in [2.05, 4.69) is 5.32 Å². The summed E-state index contributed by atoms with van der Waals surface area (Å²) in [6, 6.07) is 4.65. The number of hydrogen-bond acceptors (Lipinski definition) is 4. The van der Waals surface area contributed by atoms with Crippen molar-refractivity contribution < 1.29 is 19.1 Å². The topological polar surface area (TPSA) is 75.7 Å². The number of hydrogen-bond donors (Lipinski definition) is 1. The number of nitrogens with one attached hydrogen (secondary N) is 1. The molecule has 130 valence electrons. The molecular weight excluding hydrogens is 355 g/mol. The maximum atomic E-state index is 11.9. The highest BCUT2D eigenvalue weighted by molar-refractivity contribution is 6.42. The molecule has 1 aromatic carbocycles. The molecule has 0 fully saturated rings. The molecule has 0 spiro atoms. The predicted octanol–water partition coefficient (Wildman–Crippen LogP) is 2.90. The standard InChI is InChI=1S/C16H18Cl2N2O4/c1-3-4-5-16(23)24-10-15(22)20(2)9-14(21)19-11-6-7-12(17)13(18)8-11/h4-8H,3,9-10H2,1-2H3,(H,19,21)/b5-4+. The molecule has 0 aliphatic rings. The minimum atomic E-state index is -0.598. The van der Waals surface area contributed by atoms with Gasteiger partial charge in [0, 0.05) is 18.8 Å². The minimum absolute atomic E-state index is 0.193. The number of rotatable bonds is 7. The molecule has 0 saturated heterocycles. The number of ether oxygens (including phenoxy) is 1. The third kappa shape index (κ3) is 7.02. The van der Waals surface area contributed by atoms with Crippen LogP contribution in [0.15, 0.2) is 30.4 Å². The van der Waals surface area contributed by atoms with Gasteiger partial charge >= 0.3 is 5.97 Å². The molecule has 0 aliphatic heterocycles. The molecule has 1 aromatic rings. The van der Waals surface area contributed by atoms with Crippen molar-refractivity contribution in [2.75, 3.05) is 25.5 Å². The van der Waals surface area contributed by atoms with E-state index in [0.717, 1.165) is 4.90 Å². The fourth-order valence-electron chi connectivity index (χ4n) is 1.58. The molecule has 8 heteroatoms. The van der Waals surface area contributed by atoms with Gasteiger partial charge in [0.25, 0.3) is 5.91 Å². The quantitative estimate of drug-likeness (QED) is 0.589. The maximum Gasteiger partial charge on any atom is 0.330 e. The zero-order valence-electron chi connectivity index (χ0n) is 13.3. The lowest BCUT2D eigenvalue weighted by molar-refractivity contribution is -0.148. The zero-order chi connectivity index (χ0) is 18.1. The van der Waals surface area contributed by atoms with Crippen LogP contribution in [-0.2, 0) is 19.1 Å². The van der Waals surface area contributed by atoms with Crippen LogP contribution < -0.4 is 5.32 Å². The summed E-state index contributed by atoms with van der Waals surface area (Å²) in [5, 5.41) is 3.28. The minimum Gasteiger partial charge on any atom is -0.452 e. The number of likely N-dealkylation sites (N-methyl/N-ethyl adjacent to an activating group) is 1. The maximum absolute atomic E-state index is 11.9. The summed E-state index contributed by atoms with van der Waals surface area (Å²) in [5.74, 6) is -1.50. The van der Waals surface area contributed by atoms with Crippen molar-refractivity contribution in [1.82, 2.24) is 4.90 Å². The van der Waals surface area contributed by atoms with E-state index >= 15 is 0 Å². The summed E-state index contributed by atoms with van der Waals surface area (Å²) in [6.07, 6.45) is 3.57. The second-order valence-electron chi connectivity index (χ2n) is 4.85. The largest absolute Gasteiger partial charge is 0.452 e. The molecule has 0 unspecified atom stereocenters. The van der Waals surface area contributed by atoms with Gasteiger partial charge in [0.1, 0.15) is 0 Å². The van der Waals surface area contributed by atoms with Crippen LogP contribution in [0.4, 0.5) is 5.69 Å². The summed E-state index contributed by atoms with van der Waals surface area (Å²) >= 11 is 11.7. The van der Waals surface area contributed by atoms with Crippen LogP contribution in [0.3, 0.4) is 0 Å². The second-order valence-corrected chi connectivity index (χ2v) is 5.66. The van der Waals surface area contributed by atoms with Gasteiger partial charge in [-0.25, -0.2) is 4.79 Å². The van der Waals surface area contributed by atoms with Gasteiger partial charge in [-0.15, -0.1) is 0 Å². The van der Waals surface area contributed by atoms with E-state index in [0.29, 0.717) is 22.2 Å². The molecule has 24 heavy (non-hydrogen) atoms. The number of halogens is 2. The van der Waals surface area contributed by atoms with Crippen LogP contribution >= 0.6 is 23.2 Å². The van der Waals surface area contributed by atoms with Crippen molar-refractivity contribution in [3.05, 3.63) is 40.4 Å². The molecule has 0 aliphatic carbocycles. The van der Waals surface area contributed by atoms with Crippen LogP contribution in [0.5, 0.6) is 0 Å². The average Bonchev–Trinajstić information content (AvgIpc) is 2.53. The SMILES string of the molecule is CC/C=C/C(=O)OCC(=O)N(C)CC(=O)Nc1ccc(Cl)c(Cl)c1. The first-order valence-corrected chi connectivity index (χ1v) is 7.91. The third-order valence-corrected chi connectivity index (χ3v) is 3.58. The zero-order valence-corrected chi connectivity index (χ0v) is 14.9. The van der Waals surface area contributed by atoms with Crippen molar-refractivity contribution in [3.8, 4) is 0 Å². The van der Waals surface area contributed by atoms with E-state index in [1.807, 2.05) is 6.92 Å². The lowest BCUT2D eigenvalue weighted by atomic mass is 10.3. The second kappa shape index (κ2) is 9.95. The Hall–Kier alpha value is -2.05. The van der Waals surface area contributed by atoms with E-state index in [1.54, 1.807) is 18.2 Å². The van der Waals surface area contributed by atoms with E-state index in [9.17, 15) is 14.4 Å². The smallest absolute Gasteiger partial charge is 0.330 e. The van der Waals surface area contributed by atoms with Gasteiger partial charge in [0.05, 0.1) is 16.6 Å². The van der Waals surface area contributed by atoms with Crippen molar-refractivity contribution >= 4 is 46.7 Å². The summed E-state index contributed by atoms with van der Waals surface area (Å²) in [6.45, 7) is 1.25. The third-order valence-electron chi connectivity index (χ3n) is 2.84. The Morgan fingerprint density at radius 3 is 2.58 bits per heavy atom. The van der Waals surface area contributed by atoms with Gasteiger partial charge in [-0.3, -0.25) is 9.59 Å². The first kappa shape index (κ1) is 20.0. The van der Waals surface area contributed by atoms with Crippen LogP contribution in [-0.4, -0.2) is 42.9 Å². The Bertz CT molecular complexity index is 647. The fraction of sp³-hybridized carbons (Fsp3) is 0.312. The Kier molecular flexibility index (Phi) is 8.29. The van der Waals surface area contributed by atoms with Gasteiger partial charge in [-0.2, -0.15) is 0 Å². The number of amides is 2.